The zero-order chi connectivity index (χ0) is 12.0. The lowest BCUT2D eigenvalue weighted by molar-refractivity contribution is -0.115. The first kappa shape index (κ1) is 12.1. The summed E-state index contributed by atoms with van der Waals surface area (Å²) in [6.45, 7) is 2.73. The maximum Gasteiger partial charge on any atom is 0.238 e. The Balaban J connectivity index is 2.74. The van der Waals surface area contributed by atoms with E-state index in [4.69, 9.17) is 5.26 Å². The predicted octanol–water partition coefficient (Wildman–Crippen LogP) is 1.25. The lowest BCUT2D eigenvalue weighted by Crippen LogP contribution is -2.28. The second-order valence-corrected chi connectivity index (χ2v) is 3.13. The molecule has 0 fully saturated rings. The number of carbonyl (C=O) groups excluding carboxylic acids is 1. The Morgan fingerprint density at radius 1 is 1.56 bits per heavy atom. The highest BCUT2D eigenvalue weighted by atomic mass is 19.1. The summed E-state index contributed by atoms with van der Waals surface area (Å²) in [5, 5.41) is 14.1. The van der Waals surface area contributed by atoms with Crippen molar-refractivity contribution in [3.8, 4) is 6.07 Å². The van der Waals surface area contributed by atoms with E-state index >= 15 is 0 Å². The third-order valence-corrected chi connectivity index (χ3v) is 1.91. The summed E-state index contributed by atoms with van der Waals surface area (Å²) in [5.74, 6) is -0.758. The number of hydrogen-bond donors (Lipinski definition) is 2. The summed E-state index contributed by atoms with van der Waals surface area (Å²) in [7, 11) is 0. The molecule has 0 atom stereocenters. The number of anilines is 1. The van der Waals surface area contributed by atoms with Crippen molar-refractivity contribution in [2.75, 3.05) is 18.4 Å². The normalized spacial score (nSPS) is 9.56. The van der Waals surface area contributed by atoms with E-state index in [0.29, 0.717) is 12.2 Å². The van der Waals surface area contributed by atoms with Crippen LogP contribution in [-0.4, -0.2) is 19.0 Å². The number of amides is 1. The number of halogens is 1. The Morgan fingerprint density at radius 3 is 2.94 bits per heavy atom. The molecule has 0 aliphatic heterocycles. The van der Waals surface area contributed by atoms with Crippen LogP contribution in [0, 0.1) is 17.1 Å². The number of nitriles is 1. The Bertz CT molecular complexity index is 426. The minimum Gasteiger partial charge on any atom is -0.324 e. The highest BCUT2D eigenvalue weighted by Crippen LogP contribution is 2.15. The van der Waals surface area contributed by atoms with Gasteiger partial charge < -0.3 is 10.6 Å². The van der Waals surface area contributed by atoms with Crippen LogP contribution in [0.4, 0.5) is 10.1 Å². The largest absolute Gasteiger partial charge is 0.324 e. The molecule has 16 heavy (non-hydrogen) atoms. The van der Waals surface area contributed by atoms with Crippen LogP contribution < -0.4 is 10.6 Å². The van der Waals surface area contributed by atoms with E-state index in [-0.39, 0.29) is 18.0 Å². The van der Waals surface area contributed by atoms with Crippen molar-refractivity contribution in [2.45, 2.75) is 6.92 Å². The van der Waals surface area contributed by atoms with Gasteiger partial charge in [0.25, 0.3) is 0 Å². The zero-order valence-electron chi connectivity index (χ0n) is 8.88. The van der Waals surface area contributed by atoms with Crippen LogP contribution in [0.25, 0.3) is 0 Å². The van der Waals surface area contributed by atoms with Gasteiger partial charge in [-0.05, 0) is 24.7 Å². The molecule has 0 radical (unpaired) electrons. The number of carbonyl (C=O) groups is 1. The fourth-order valence-electron chi connectivity index (χ4n) is 1.15. The van der Waals surface area contributed by atoms with Crippen molar-refractivity contribution in [1.82, 2.24) is 5.32 Å². The Hall–Kier alpha value is -1.93. The standard InChI is InChI=1S/C11H12FN3O/c1-2-14-7-11(16)15-10-4-3-9(12)5-8(10)6-13/h3-5,14H,2,7H2,1H3,(H,15,16). The molecule has 1 aromatic rings. The summed E-state index contributed by atoms with van der Waals surface area (Å²) in [4.78, 5) is 11.3. The summed E-state index contributed by atoms with van der Waals surface area (Å²) in [5.41, 5.74) is 0.441. The summed E-state index contributed by atoms with van der Waals surface area (Å²) in [6, 6.07) is 5.48. The van der Waals surface area contributed by atoms with Crippen LogP contribution in [0.15, 0.2) is 18.2 Å². The van der Waals surface area contributed by atoms with Crippen molar-refractivity contribution in [3.63, 3.8) is 0 Å². The van der Waals surface area contributed by atoms with E-state index in [2.05, 4.69) is 10.6 Å². The molecule has 4 nitrogen and oxygen atoms in total. The third kappa shape index (κ3) is 3.33. The van der Waals surface area contributed by atoms with Crippen LogP contribution in [0.2, 0.25) is 0 Å². The maximum atomic E-state index is 12.8. The lowest BCUT2D eigenvalue weighted by atomic mass is 10.2. The van der Waals surface area contributed by atoms with Gasteiger partial charge in [-0.1, -0.05) is 6.92 Å². The molecule has 1 amide bonds. The number of rotatable bonds is 4. The van der Waals surface area contributed by atoms with E-state index in [9.17, 15) is 9.18 Å². The van der Waals surface area contributed by atoms with Gasteiger partial charge in [-0.15, -0.1) is 0 Å². The molecule has 0 heterocycles. The Kier molecular flexibility index (Phi) is 4.42. The van der Waals surface area contributed by atoms with Crippen molar-refractivity contribution in [1.29, 1.82) is 5.26 Å². The molecule has 0 aliphatic carbocycles. The van der Waals surface area contributed by atoms with E-state index < -0.39 is 5.82 Å². The first-order valence-electron chi connectivity index (χ1n) is 4.87. The first-order chi connectivity index (χ1) is 7.67. The van der Waals surface area contributed by atoms with Gasteiger partial charge in [0, 0.05) is 0 Å². The average molecular weight is 221 g/mol. The van der Waals surface area contributed by atoms with Crippen molar-refractivity contribution < 1.29 is 9.18 Å². The minimum atomic E-state index is -0.499. The average Bonchev–Trinajstić information content (AvgIpc) is 2.28. The molecule has 1 rings (SSSR count). The molecule has 2 N–H and O–H groups in total. The molecular weight excluding hydrogens is 209 g/mol. The molecule has 0 saturated heterocycles. The van der Waals surface area contributed by atoms with Gasteiger partial charge in [-0.3, -0.25) is 4.79 Å². The molecule has 0 saturated carbocycles. The molecule has 84 valence electrons. The van der Waals surface area contributed by atoms with E-state index in [1.807, 2.05) is 13.0 Å². The molecule has 0 spiro atoms. The van der Waals surface area contributed by atoms with Crippen molar-refractivity contribution in [2.24, 2.45) is 0 Å². The smallest absolute Gasteiger partial charge is 0.238 e. The van der Waals surface area contributed by atoms with Crippen LogP contribution >= 0.6 is 0 Å². The monoisotopic (exact) mass is 221 g/mol. The number of benzene rings is 1. The van der Waals surface area contributed by atoms with Crippen molar-refractivity contribution >= 4 is 11.6 Å². The van der Waals surface area contributed by atoms with Crippen LogP contribution in [0.3, 0.4) is 0 Å². The number of nitrogens with zero attached hydrogens (tertiary/aromatic N) is 1. The van der Waals surface area contributed by atoms with Gasteiger partial charge in [-0.25, -0.2) is 4.39 Å². The number of likely N-dealkylation sites (N-methyl/N-ethyl adjacent to an activating group) is 1. The SMILES string of the molecule is CCNCC(=O)Nc1ccc(F)cc1C#N. The Labute approximate surface area is 93.1 Å². The lowest BCUT2D eigenvalue weighted by Gasteiger charge is -2.07. The highest BCUT2D eigenvalue weighted by molar-refractivity contribution is 5.93. The molecule has 0 aliphatic rings. The quantitative estimate of drug-likeness (QED) is 0.804. The van der Waals surface area contributed by atoms with Crippen LogP contribution in [-0.2, 0) is 4.79 Å². The van der Waals surface area contributed by atoms with Crippen molar-refractivity contribution in [3.05, 3.63) is 29.6 Å². The van der Waals surface area contributed by atoms with Gasteiger partial charge in [0.05, 0.1) is 17.8 Å². The Morgan fingerprint density at radius 2 is 2.31 bits per heavy atom. The van der Waals surface area contributed by atoms with Crippen LogP contribution in [0.1, 0.15) is 12.5 Å². The molecule has 5 heteroatoms. The van der Waals surface area contributed by atoms with E-state index in [1.165, 1.54) is 12.1 Å². The second kappa shape index (κ2) is 5.83. The number of hydrogen-bond acceptors (Lipinski definition) is 3. The summed E-state index contributed by atoms with van der Waals surface area (Å²) >= 11 is 0. The van der Waals surface area contributed by atoms with E-state index in [1.54, 1.807) is 0 Å². The molecule has 1 aromatic carbocycles. The van der Waals surface area contributed by atoms with Gasteiger partial charge in [0.1, 0.15) is 11.9 Å². The minimum absolute atomic E-state index is 0.116. The zero-order valence-corrected chi connectivity index (χ0v) is 8.88. The topological polar surface area (TPSA) is 64.9 Å². The van der Waals surface area contributed by atoms with Gasteiger partial charge in [0.15, 0.2) is 0 Å². The summed E-state index contributed by atoms with van der Waals surface area (Å²) < 4.78 is 12.8. The molecule has 0 unspecified atom stereocenters. The molecule has 0 aromatic heterocycles. The van der Waals surface area contributed by atoms with Gasteiger partial charge >= 0.3 is 0 Å². The van der Waals surface area contributed by atoms with Crippen LogP contribution in [0.5, 0.6) is 0 Å². The fraction of sp³-hybridized carbons (Fsp3) is 0.273. The third-order valence-electron chi connectivity index (χ3n) is 1.91. The van der Waals surface area contributed by atoms with E-state index in [0.717, 1.165) is 6.07 Å². The maximum absolute atomic E-state index is 12.8. The first-order valence-corrected chi connectivity index (χ1v) is 4.87. The molecule has 0 bridgehead atoms. The molecular formula is C11H12FN3O. The number of nitrogens with one attached hydrogen (secondary N) is 2. The van der Waals surface area contributed by atoms with Gasteiger partial charge in [-0.2, -0.15) is 5.26 Å². The predicted molar refractivity (Wildman–Crippen MR) is 58.3 cm³/mol. The van der Waals surface area contributed by atoms with Gasteiger partial charge in [0.2, 0.25) is 5.91 Å². The highest BCUT2D eigenvalue weighted by Gasteiger charge is 2.06. The summed E-state index contributed by atoms with van der Waals surface area (Å²) in [6.07, 6.45) is 0. The fourth-order valence-corrected chi connectivity index (χ4v) is 1.15. The second-order valence-electron chi connectivity index (χ2n) is 3.13.